The maximum absolute atomic E-state index is 14.7. The van der Waals surface area contributed by atoms with Crippen LogP contribution in [0, 0.1) is 17.5 Å². The highest BCUT2D eigenvalue weighted by molar-refractivity contribution is 6.02. The molecule has 0 spiro atoms. The van der Waals surface area contributed by atoms with Gasteiger partial charge in [-0.3, -0.25) is 14.6 Å². The molecule has 1 aliphatic carbocycles. The zero-order chi connectivity index (χ0) is 30.9. The van der Waals surface area contributed by atoms with Gasteiger partial charge in [0.2, 0.25) is 5.91 Å². The third kappa shape index (κ3) is 4.44. The smallest absolute Gasteiger partial charge is 0.337 e. The zero-order valence-corrected chi connectivity index (χ0v) is 23.0. The summed E-state index contributed by atoms with van der Waals surface area (Å²) in [6.45, 7) is 0.377. The predicted molar refractivity (Wildman–Crippen MR) is 146 cm³/mol. The van der Waals surface area contributed by atoms with Crippen molar-refractivity contribution in [1.29, 1.82) is 0 Å². The standard InChI is InChI=1S/C31H23F6N5O2/c32-22-7-4-18(15-21(22)31(35,36)37)42-29-19-2-1-11-38-24(19)8-5-20(29)27(39-42)30(44)40-12-9-17(10-13-40)41-25(43)14-16-3-6-23(33)26(34)28(16)41/h1-4,6-7,11,15,17H,5,8-10,12-14H2. The monoisotopic (exact) mass is 611 g/mol. The molecule has 0 saturated carbocycles. The Hall–Kier alpha value is -4.68. The number of pyridine rings is 1. The molecule has 0 atom stereocenters. The topological polar surface area (TPSA) is 71.3 Å². The van der Waals surface area contributed by atoms with Crippen LogP contribution in [0.4, 0.5) is 32.0 Å². The van der Waals surface area contributed by atoms with E-state index in [2.05, 4.69) is 10.1 Å². The number of halogens is 6. The molecular weight excluding hydrogens is 588 g/mol. The highest BCUT2D eigenvalue weighted by atomic mass is 19.4. The van der Waals surface area contributed by atoms with Crippen molar-refractivity contribution in [2.24, 2.45) is 0 Å². The zero-order valence-electron chi connectivity index (χ0n) is 23.0. The van der Waals surface area contributed by atoms with Gasteiger partial charge >= 0.3 is 6.18 Å². The predicted octanol–water partition coefficient (Wildman–Crippen LogP) is 5.66. The average Bonchev–Trinajstić information content (AvgIpc) is 3.57. The van der Waals surface area contributed by atoms with Crippen LogP contribution in [0.25, 0.3) is 16.9 Å². The van der Waals surface area contributed by atoms with Crippen molar-refractivity contribution < 1.29 is 35.9 Å². The SMILES string of the molecule is O=C(c1nn(-c2ccc(F)c(C(F)(F)F)c2)c2c1CCc1ncccc1-2)N1CCC(N2C(=O)Cc3ccc(F)c(F)c32)CC1. The van der Waals surface area contributed by atoms with Gasteiger partial charge in [-0.25, -0.2) is 17.9 Å². The number of aromatic nitrogens is 3. The van der Waals surface area contributed by atoms with E-state index in [1.165, 1.54) is 26.6 Å². The maximum Gasteiger partial charge on any atom is 0.419 e. The van der Waals surface area contributed by atoms with Crippen LogP contribution in [0.5, 0.6) is 0 Å². The van der Waals surface area contributed by atoms with Crippen LogP contribution in [0.15, 0.2) is 48.7 Å². The lowest BCUT2D eigenvalue weighted by Gasteiger charge is -2.37. The number of carbonyl (C=O) groups is 2. The first-order valence-electron chi connectivity index (χ1n) is 14.0. The summed E-state index contributed by atoms with van der Waals surface area (Å²) >= 11 is 0. The van der Waals surface area contributed by atoms with Gasteiger partial charge in [-0.1, -0.05) is 6.07 Å². The highest BCUT2D eigenvalue weighted by Crippen LogP contribution is 2.40. The lowest BCUT2D eigenvalue weighted by Crippen LogP contribution is -2.48. The number of aryl methyl sites for hydroxylation is 1. The summed E-state index contributed by atoms with van der Waals surface area (Å²) in [5, 5.41) is 4.50. The molecule has 226 valence electrons. The van der Waals surface area contributed by atoms with Crippen LogP contribution in [-0.2, 0) is 30.2 Å². The lowest BCUT2D eigenvalue weighted by molar-refractivity contribution is -0.140. The molecule has 2 aromatic heterocycles. The molecule has 2 aromatic carbocycles. The molecule has 4 heterocycles. The van der Waals surface area contributed by atoms with Crippen LogP contribution in [0.2, 0.25) is 0 Å². The number of fused-ring (bicyclic) bond motifs is 4. The summed E-state index contributed by atoms with van der Waals surface area (Å²) in [6.07, 6.45) is -1.94. The third-order valence-corrected chi connectivity index (χ3v) is 8.56. The van der Waals surface area contributed by atoms with Crippen molar-refractivity contribution in [3.63, 3.8) is 0 Å². The number of anilines is 1. The van der Waals surface area contributed by atoms with E-state index in [0.717, 1.165) is 12.1 Å². The molecule has 13 heteroatoms. The van der Waals surface area contributed by atoms with Gasteiger partial charge in [-0.05, 0) is 67.6 Å². The summed E-state index contributed by atoms with van der Waals surface area (Å²) in [5.74, 6) is -4.34. The minimum Gasteiger partial charge on any atom is -0.337 e. The van der Waals surface area contributed by atoms with Crippen molar-refractivity contribution >= 4 is 17.5 Å². The third-order valence-electron chi connectivity index (χ3n) is 8.56. The first-order valence-corrected chi connectivity index (χ1v) is 14.0. The van der Waals surface area contributed by atoms with Gasteiger partial charge in [0, 0.05) is 36.5 Å². The van der Waals surface area contributed by atoms with Gasteiger partial charge in [0.05, 0.1) is 34.7 Å². The Morgan fingerprint density at radius 1 is 0.955 bits per heavy atom. The number of likely N-dealkylation sites (tertiary alicyclic amines) is 1. The Morgan fingerprint density at radius 2 is 1.70 bits per heavy atom. The fraction of sp³-hybridized carbons (Fsp3) is 0.290. The van der Waals surface area contributed by atoms with Crippen molar-refractivity contribution in [2.75, 3.05) is 18.0 Å². The Bertz CT molecular complexity index is 1840. The average molecular weight is 612 g/mol. The molecule has 0 bridgehead atoms. The molecule has 2 aliphatic heterocycles. The van der Waals surface area contributed by atoms with Gasteiger partial charge in [0.25, 0.3) is 5.91 Å². The molecule has 3 aliphatic rings. The van der Waals surface area contributed by atoms with Crippen molar-refractivity contribution in [3.05, 3.63) is 94.2 Å². The molecule has 2 amide bonds. The van der Waals surface area contributed by atoms with Crippen LogP contribution >= 0.6 is 0 Å². The fourth-order valence-electron chi connectivity index (χ4n) is 6.50. The van der Waals surface area contributed by atoms with E-state index in [0.29, 0.717) is 59.8 Å². The van der Waals surface area contributed by atoms with E-state index >= 15 is 0 Å². The van der Waals surface area contributed by atoms with Gasteiger partial charge in [0.1, 0.15) is 5.82 Å². The molecule has 0 N–H and O–H groups in total. The van der Waals surface area contributed by atoms with E-state index in [4.69, 9.17) is 0 Å². The highest BCUT2D eigenvalue weighted by Gasteiger charge is 2.40. The Balaban J connectivity index is 1.22. The van der Waals surface area contributed by atoms with Crippen LogP contribution in [-0.4, -0.2) is 50.6 Å². The van der Waals surface area contributed by atoms with Crippen molar-refractivity contribution in [3.8, 4) is 16.9 Å². The quantitative estimate of drug-likeness (QED) is 0.281. The second-order valence-corrected chi connectivity index (χ2v) is 11.1. The van der Waals surface area contributed by atoms with E-state index in [-0.39, 0.29) is 42.5 Å². The van der Waals surface area contributed by atoms with Gasteiger partial charge in [0.15, 0.2) is 17.3 Å². The number of nitrogens with zero attached hydrogens (tertiary/aromatic N) is 5. The number of amides is 2. The number of benzene rings is 2. The summed E-state index contributed by atoms with van der Waals surface area (Å²) in [4.78, 5) is 33.9. The van der Waals surface area contributed by atoms with E-state index in [1.807, 2.05) is 0 Å². The second-order valence-electron chi connectivity index (χ2n) is 11.1. The van der Waals surface area contributed by atoms with Gasteiger partial charge in [-0.15, -0.1) is 0 Å². The number of hydrogen-bond acceptors (Lipinski definition) is 4. The maximum atomic E-state index is 14.7. The van der Waals surface area contributed by atoms with Crippen LogP contribution in [0.1, 0.15) is 45.7 Å². The van der Waals surface area contributed by atoms with Crippen molar-refractivity contribution in [1.82, 2.24) is 19.7 Å². The summed E-state index contributed by atoms with van der Waals surface area (Å²) in [5.41, 5.74) is 1.14. The Labute approximate surface area is 246 Å². The molecular formula is C31H23F6N5O2. The molecule has 44 heavy (non-hydrogen) atoms. The summed E-state index contributed by atoms with van der Waals surface area (Å²) in [7, 11) is 0. The van der Waals surface area contributed by atoms with E-state index in [9.17, 15) is 35.9 Å². The first kappa shape index (κ1) is 28.1. The summed E-state index contributed by atoms with van der Waals surface area (Å²) in [6, 6.07) is 7.93. The molecule has 7 rings (SSSR count). The summed E-state index contributed by atoms with van der Waals surface area (Å²) < 4.78 is 84.8. The van der Waals surface area contributed by atoms with Crippen LogP contribution < -0.4 is 4.90 Å². The van der Waals surface area contributed by atoms with Gasteiger partial charge < -0.3 is 9.80 Å². The molecule has 7 nitrogen and oxygen atoms in total. The van der Waals surface area contributed by atoms with E-state index in [1.54, 1.807) is 18.3 Å². The second kappa shape index (κ2) is 10.2. The minimum atomic E-state index is -4.94. The molecule has 1 saturated heterocycles. The van der Waals surface area contributed by atoms with Gasteiger partial charge in [-0.2, -0.15) is 18.3 Å². The number of piperidine rings is 1. The molecule has 0 unspecified atom stereocenters. The number of alkyl halides is 3. The number of carbonyl (C=O) groups excluding carboxylic acids is 2. The van der Waals surface area contributed by atoms with Crippen molar-refractivity contribution in [2.45, 2.75) is 44.3 Å². The molecule has 4 aromatic rings. The largest absolute Gasteiger partial charge is 0.419 e. The number of hydrogen-bond donors (Lipinski definition) is 0. The normalized spacial score (nSPS) is 16.6. The fourth-order valence-corrected chi connectivity index (χ4v) is 6.50. The molecule has 0 radical (unpaired) electrons. The first-order chi connectivity index (χ1) is 21.0. The van der Waals surface area contributed by atoms with E-state index < -0.39 is 41.1 Å². The lowest BCUT2D eigenvalue weighted by atomic mass is 9.91. The Morgan fingerprint density at radius 3 is 2.45 bits per heavy atom. The Kier molecular flexibility index (Phi) is 6.52. The van der Waals surface area contributed by atoms with Crippen LogP contribution in [0.3, 0.4) is 0 Å². The number of rotatable bonds is 3. The molecule has 1 fully saturated rings. The minimum absolute atomic E-state index is 0.0367.